The standard InChI is InChI=1S/C27H30FN5O4/c1-27(14-30-25(35)21(29)11-16-5-3-2-4-6-16)9-10-32(15-27)24-20(28)12-18-22(34)19(26(36)37)13-33(17-7-8-17)23(18)31-24/h2-6,12-13,17,21H,7-11,14-15,29H2,1H3,(H,30,35)(H,36,37). The number of fused-ring (bicyclic) bond motifs is 1. The lowest BCUT2D eigenvalue weighted by Gasteiger charge is -2.26. The van der Waals surface area contributed by atoms with Crippen molar-refractivity contribution in [3.8, 4) is 0 Å². The Hall–Kier alpha value is -3.79. The van der Waals surface area contributed by atoms with Crippen molar-refractivity contribution in [3.05, 3.63) is 69.8 Å². The lowest BCUT2D eigenvalue weighted by atomic mass is 9.89. The predicted octanol–water partition coefficient (Wildman–Crippen LogP) is 2.47. The quantitative estimate of drug-likeness (QED) is 0.427. The summed E-state index contributed by atoms with van der Waals surface area (Å²) >= 11 is 0. The highest BCUT2D eigenvalue weighted by Crippen LogP contribution is 2.38. The first-order valence-electron chi connectivity index (χ1n) is 12.5. The SMILES string of the molecule is CC1(CNC(=O)C(N)Cc2ccccc2)CCN(c2nc3c(cc2F)c(=O)c(C(=O)O)cn3C2CC2)C1. The number of anilines is 1. The van der Waals surface area contributed by atoms with Gasteiger partial charge in [-0.25, -0.2) is 14.2 Å². The van der Waals surface area contributed by atoms with Gasteiger partial charge in [-0.2, -0.15) is 0 Å². The van der Waals surface area contributed by atoms with Crippen LogP contribution in [0.5, 0.6) is 0 Å². The molecule has 3 heterocycles. The van der Waals surface area contributed by atoms with Gasteiger partial charge in [-0.15, -0.1) is 0 Å². The number of aromatic nitrogens is 2. The molecule has 1 saturated heterocycles. The van der Waals surface area contributed by atoms with E-state index in [-0.39, 0.29) is 34.1 Å². The van der Waals surface area contributed by atoms with Gasteiger partial charge in [0.2, 0.25) is 11.3 Å². The summed E-state index contributed by atoms with van der Waals surface area (Å²) in [6.07, 6.45) is 4.15. The van der Waals surface area contributed by atoms with Gasteiger partial charge >= 0.3 is 5.97 Å². The predicted molar refractivity (Wildman–Crippen MR) is 137 cm³/mol. The Morgan fingerprint density at radius 1 is 1.30 bits per heavy atom. The van der Waals surface area contributed by atoms with Gasteiger partial charge in [0.05, 0.1) is 11.4 Å². The van der Waals surface area contributed by atoms with E-state index in [2.05, 4.69) is 10.3 Å². The van der Waals surface area contributed by atoms with Crippen molar-refractivity contribution < 1.29 is 19.1 Å². The highest BCUT2D eigenvalue weighted by molar-refractivity contribution is 5.92. The third-order valence-electron chi connectivity index (χ3n) is 7.29. The minimum Gasteiger partial charge on any atom is -0.477 e. The van der Waals surface area contributed by atoms with Crippen molar-refractivity contribution in [3.63, 3.8) is 0 Å². The van der Waals surface area contributed by atoms with Crippen LogP contribution in [0.1, 0.15) is 48.1 Å². The van der Waals surface area contributed by atoms with Crippen LogP contribution >= 0.6 is 0 Å². The van der Waals surface area contributed by atoms with E-state index in [9.17, 15) is 19.5 Å². The maximum atomic E-state index is 15.2. The molecule has 2 aliphatic rings. The van der Waals surface area contributed by atoms with Crippen LogP contribution in [-0.2, 0) is 11.2 Å². The number of amides is 1. The Morgan fingerprint density at radius 3 is 2.70 bits per heavy atom. The number of rotatable bonds is 8. The number of carbonyl (C=O) groups excluding carboxylic acids is 1. The van der Waals surface area contributed by atoms with Crippen LogP contribution in [0.3, 0.4) is 0 Å². The summed E-state index contributed by atoms with van der Waals surface area (Å²) in [4.78, 5) is 43.2. The number of hydrogen-bond acceptors (Lipinski definition) is 6. The van der Waals surface area contributed by atoms with Gasteiger partial charge in [0.25, 0.3) is 0 Å². The summed E-state index contributed by atoms with van der Waals surface area (Å²) in [5.41, 5.74) is 5.94. The summed E-state index contributed by atoms with van der Waals surface area (Å²) in [7, 11) is 0. The molecule has 3 aromatic rings. The van der Waals surface area contributed by atoms with Crippen LogP contribution in [0, 0.1) is 11.2 Å². The molecule has 2 unspecified atom stereocenters. The molecule has 0 bridgehead atoms. The summed E-state index contributed by atoms with van der Waals surface area (Å²) < 4.78 is 16.9. The maximum Gasteiger partial charge on any atom is 0.341 e. The lowest BCUT2D eigenvalue weighted by Crippen LogP contribution is -2.46. The molecule has 194 valence electrons. The normalized spacial score (nSPS) is 20.2. The van der Waals surface area contributed by atoms with Gasteiger partial charge in [0.1, 0.15) is 11.2 Å². The summed E-state index contributed by atoms with van der Waals surface area (Å²) in [5.74, 6) is -2.12. The van der Waals surface area contributed by atoms with Crippen molar-refractivity contribution in [1.29, 1.82) is 0 Å². The fourth-order valence-electron chi connectivity index (χ4n) is 4.98. The highest BCUT2D eigenvalue weighted by atomic mass is 19.1. The molecule has 2 fully saturated rings. The van der Waals surface area contributed by atoms with E-state index in [1.807, 2.05) is 42.2 Å². The van der Waals surface area contributed by atoms with E-state index in [4.69, 9.17) is 5.73 Å². The molecule has 0 spiro atoms. The topological polar surface area (TPSA) is 131 Å². The number of carboxylic acids is 1. The zero-order valence-corrected chi connectivity index (χ0v) is 20.6. The molecular formula is C27H30FN5O4. The number of hydrogen-bond donors (Lipinski definition) is 3. The van der Waals surface area contributed by atoms with E-state index in [1.54, 1.807) is 4.57 Å². The Morgan fingerprint density at radius 2 is 2.03 bits per heavy atom. The van der Waals surface area contributed by atoms with Crippen molar-refractivity contribution >= 4 is 28.7 Å². The highest BCUT2D eigenvalue weighted by Gasteiger charge is 2.37. The molecule has 2 atom stereocenters. The average molecular weight is 508 g/mol. The number of nitrogens with one attached hydrogen (secondary N) is 1. The van der Waals surface area contributed by atoms with Gasteiger partial charge in [0.15, 0.2) is 11.6 Å². The number of aromatic carboxylic acids is 1. The number of nitrogens with two attached hydrogens (primary N) is 1. The molecule has 5 rings (SSSR count). The van der Waals surface area contributed by atoms with Gasteiger partial charge in [-0.1, -0.05) is 37.3 Å². The molecule has 10 heteroatoms. The molecule has 1 amide bonds. The third-order valence-corrected chi connectivity index (χ3v) is 7.29. The first-order chi connectivity index (χ1) is 17.6. The third kappa shape index (κ3) is 5.06. The van der Waals surface area contributed by atoms with Crippen LogP contribution in [0.15, 0.2) is 47.4 Å². The lowest BCUT2D eigenvalue weighted by molar-refractivity contribution is -0.122. The van der Waals surface area contributed by atoms with E-state index < -0.39 is 23.3 Å². The molecule has 1 saturated carbocycles. The number of pyridine rings is 2. The first-order valence-corrected chi connectivity index (χ1v) is 12.5. The maximum absolute atomic E-state index is 15.2. The largest absolute Gasteiger partial charge is 0.477 e. The average Bonchev–Trinajstić information content (AvgIpc) is 3.64. The van der Waals surface area contributed by atoms with Crippen LogP contribution in [0.4, 0.5) is 10.2 Å². The second-order valence-corrected chi connectivity index (χ2v) is 10.5. The van der Waals surface area contributed by atoms with Crippen molar-refractivity contribution in [1.82, 2.24) is 14.9 Å². The molecule has 0 radical (unpaired) electrons. The number of carbonyl (C=O) groups is 2. The second kappa shape index (κ2) is 9.59. The monoisotopic (exact) mass is 507 g/mol. The van der Waals surface area contributed by atoms with E-state index in [0.29, 0.717) is 38.1 Å². The van der Waals surface area contributed by atoms with Gasteiger partial charge in [0, 0.05) is 37.3 Å². The molecule has 9 nitrogen and oxygen atoms in total. The molecule has 1 aliphatic carbocycles. The zero-order chi connectivity index (χ0) is 26.3. The Kier molecular flexibility index (Phi) is 6.45. The smallest absolute Gasteiger partial charge is 0.341 e. The Bertz CT molecular complexity index is 1420. The number of benzene rings is 1. The van der Waals surface area contributed by atoms with Gasteiger partial charge in [-0.3, -0.25) is 9.59 Å². The van der Waals surface area contributed by atoms with Crippen molar-refractivity contribution in [2.45, 2.75) is 44.7 Å². The van der Waals surface area contributed by atoms with Gasteiger partial charge < -0.3 is 25.6 Å². The fraction of sp³-hybridized carbons (Fsp3) is 0.407. The first kappa shape index (κ1) is 24.9. The number of carboxylic acid groups (broad SMARTS) is 1. The molecule has 1 aromatic carbocycles. The minimum atomic E-state index is -1.34. The van der Waals surface area contributed by atoms with Crippen LogP contribution in [0.25, 0.3) is 11.0 Å². The molecule has 1 aliphatic heterocycles. The summed E-state index contributed by atoms with van der Waals surface area (Å²) in [5, 5.41) is 12.3. The molecular weight excluding hydrogens is 477 g/mol. The van der Waals surface area contributed by atoms with E-state index in [0.717, 1.165) is 24.5 Å². The number of halogens is 1. The molecule has 37 heavy (non-hydrogen) atoms. The Labute approximate surface area is 213 Å². The van der Waals surface area contributed by atoms with Crippen LogP contribution in [0.2, 0.25) is 0 Å². The second-order valence-electron chi connectivity index (χ2n) is 10.5. The molecule has 4 N–H and O–H groups in total. The zero-order valence-electron chi connectivity index (χ0n) is 20.6. The summed E-state index contributed by atoms with van der Waals surface area (Å²) in [6.45, 7) is 3.39. The van der Waals surface area contributed by atoms with Crippen molar-refractivity contribution in [2.24, 2.45) is 11.1 Å². The minimum absolute atomic E-state index is 0.0327. The number of nitrogens with zero attached hydrogens (tertiary/aromatic N) is 3. The van der Waals surface area contributed by atoms with Crippen molar-refractivity contribution in [2.75, 3.05) is 24.5 Å². The summed E-state index contributed by atoms with van der Waals surface area (Å²) in [6, 6.07) is 10.1. The van der Waals surface area contributed by atoms with Crippen LogP contribution < -0.4 is 21.4 Å². The van der Waals surface area contributed by atoms with Crippen LogP contribution in [-0.4, -0.2) is 52.2 Å². The van der Waals surface area contributed by atoms with E-state index in [1.165, 1.54) is 6.20 Å². The van der Waals surface area contributed by atoms with E-state index >= 15 is 4.39 Å². The molecule has 2 aromatic heterocycles. The Balaban J connectivity index is 1.32. The fourth-order valence-corrected chi connectivity index (χ4v) is 4.98. The van der Waals surface area contributed by atoms with Gasteiger partial charge in [-0.05, 0) is 37.3 Å².